The molecule has 1 amide bonds. The van der Waals surface area contributed by atoms with Gasteiger partial charge < -0.3 is 15.2 Å². The second kappa shape index (κ2) is 6.06. The summed E-state index contributed by atoms with van der Waals surface area (Å²) in [4.78, 5) is 11.7. The van der Waals surface area contributed by atoms with Crippen molar-refractivity contribution in [1.82, 2.24) is 5.32 Å². The van der Waals surface area contributed by atoms with Crippen molar-refractivity contribution in [2.24, 2.45) is 0 Å². The molecule has 0 aliphatic carbocycles. The zero-order chi connectivity index (χ0) is 14.6. The van der Waals surface area contributed by atoms with E-state index < -0.39 is 0 Å². The Bertz CT molecular complexity index is 461. The Labute approximate surface area is 114 Å². The van der Waals surface area contributed by atoms with Gasteiger partial charge in [0.05, 0.1) is 6.61 Å². The number of benzene rings is 1. The molecule has 0 heterocycles. The van der Waals surface area contributed by atoms with Gasteiger partial charge in [-0.3, -0.25) is 4.79 Å². The number of amides is 1. The molecule has 1 aromatic rings. The average Bonchev–Trinajstić information content (AvgIpc) is 2.28. The molecule has 0 aromatic heterocycles. The third-order valence-corrected chi connectivity index (χ3v) is 2.79. The van der Waals surface area contributed by atoms with Gasteiger partial charge in [0.1, 0.15) is 5.75 Å². The van der Waals surface area contributed by atoms with Crippen LogP contribution < -0.4 is 10.1 Å². The average molecular weight is 265 g/mol. The highest BCUT2D eigenvalue weighted by molar-refractivity contribution is 5.78. The van der Waals surface area contributed by atoms with E-state index in [1.165, 1.54) is 0 Å². The van der Waals surface area contributed by atoms with E-state index >= 15 is 0 Å². The molecule has 1 rings (SSSR count). The molecule has 1 aromatic carbocycles. The van der Waals surface area contributed by atoms with Crippen molar-refractivity contribution in [1.29, 1.82) is 0 Å². The van der Waals surface area contributed by atoms with E-state index in [-0.39, 0.29) is 24.7 Å². The van der Waals surface area contributed by atoms with Crippen LogP contribution in [0.1, 0.15) is 37.5 Å². The summed E-state index contributed by atoms with van der Waals surface area (Å²) in [7, 11) is 0. The zero-order valence-electron chi connectivity index (χ0n) is 12.3. The fourth-order valence-electron chi connectivity index (χ4n) is 1.76. The number of nitrogens with one attached hydrogen (secondary N) is 1. The summed E-state index contributed by atoms with van der Waals surface area (Å²) in [6.07, 6.45) is 0. The number of aliphatic hydroxyl groups is 1. The zero-order valence-corrected chi connectivity index (χ0v) is 12.3. The van der Waals surface area contributed by atoms with Gasteiger partial charge in [-0.2, -0.15) is 0 Å². The van der Waals surface area contributed by atoms with Gasteiger partial charge >= 0.3 is 0 Å². The third-order valence-electron chi connectivity index (χ3n) is 2.79. The van der Waals surface area contributed by atoms with E-state index in [2.05, 4.69) is 5.32 Å². The third kappa shape index (κ3) is 4.56. The summed E-state index contributed by atoms with van der Waals surface area (Å²) in [6.45, 7) is 9.50. The van der Waals surface area contributed by atoms with Crippen LogP contribution in [0.25, 0.3) is 0 Å². The Hall–Kier alpha value is -1.55. The molecule has 19 heavy (non-hydrogen) atoms. The first kappa shape index (κ1) is 15.5. The fourth-order valence-corrected chi connectivity index (χ4v) is 1.76. The first-order chi connectivity index (χ1) is 8.74. The molecule has 2 N–H and O–H groups in total. The van der Waals surface area contributed by atoms with Crippen LogP contribution in [0.4, 0.5) is 0 Å². The van der Waals surface area contributed by atoms with Crippen LogP contribution in [-0.2, 0) is 11.4 Å². The van der Waals surface area contributed by atoms with Crippen LogP contribution in [0.5, 0.6) is 5.75 Å². The minimum atomic E-state index is -0.276. The Morgan fingerprint density at radius 2 is 1.95 bits per heavy atom. The fraction of sp³-hybridized carbons (Fsp3) is 0.533. The summed E-state index contributed by atoms with van der Waals surface area (Å²) in [5.41, 5.74) is 2.45. The molecule has 0 saturated heterocycles. The number of rotatable bonds is 4. The van der Waals surface area contributed by atoms with Crippen molar-refractivity contribution in [2.45, 2.75) is 46.8 Å². The molecule has 0 saturated carbocycles. The first-order valence-corrected chi connectivity index (χ1v) is 6.38. The molecule has 0 aliphatic rings. The maximum Gasteiger partial charge on any atom is 0.258 e. The molecule has 4 nitrogen and oxygen atoms in total. The Balaban J connectivity index is 2.78. The molecular formula is C15H23NO3. The van der Waals surface area contributed by atoms with Gasteiger partial charge in [-0.1, -0.05) is 12.1 Å². The lowest BCUT2D eigenvalue weighted by Gasteiger charge is -2.21. The quantitative estimate of drug-likeness (QED) is 0.876. The smallest absolute Gasteiger partial charge is 0.258 e. The van der Waals surface area contributed by atoms with Gasteiger partial charge in [-0.25, -0.2) is 0 Å². The van der Waals surface area contributed by atoms with E-state index in [9.17, 15) is 9.90 Å². The summed E-state index contributed by atoms with van der Waals surface area (Å²) in [5, 5.41) is 12.1. The van der Waals surface area contributed by atoms with E-state index in [4.69, 9.17) is 4.74 Å². The molecule has 0 radical (unpaired) electrons. The minimum Gasteiger partial charge on any atom is -0.483 e. The monoisotopic (exact) mass is 265 g/mol. The predicted octanol–water partition coefficient (Wildman–Crippen LogP) is 2.09. The van der Waals surface area contributed by atoms with Crippen molar-refractivity contribution in [3.05, 3.63) is 28.8 Å². The molecule has 106 valence electrons. The first-order valence-electron chi connectivity index (χ1n) is 6.38. The van der Waals surface area contributed by atoms with Crippen LogP contribution in [0.3, 0.4) is 0 Å². The highest BCUT2D eigenvalue weighted by Gasteiger charge is 2.15. The normalized spacial score (nSPS) is 11.3. The number of hydrogen-bond donors (Lipinski definition) is 2. The largest absolute Gasteiger partial charge is 0.483 e. The maximum absolute atomic E-state index is 11.7. The van der Waals surface area contributed by atoms with Crippen molar-refractivity contribution in [3.8, 4) is 5.75 Å². The second-order valence-corrected chi connectivity index (χ2v) is 5.74. The lowest BCUT2D eigenvalue weighted by molar-refractivity contribution is -0.124. The van der Waals surface area contributed by atoms with Gasteiger partial charge in [-0.15, -0.1) is 0 Å². The van der Waals surface area contributed by atoms with Gasteiger partial charge in [0.25, 0.3) is 5.91 Å². The molecule has 0 aliphatic heterocycles. The van der Waals surface area contributed by atoms with E-state index in [1.54, 1.807) is 0 Å². The molecule has 0 atom stereocenters. The summed E-state index contributed by atoms with van der Waals surface area (Å²) >= 11 is 0. The second-order valence-electron chi connectivity index (χ2n) is 5.74. The highest BCUT2D eigenvalue weighted by Crippen LogP contribution is 2.26. The highest BCUT2D eigenvalue weighted by atomic mass is 16.5. The molecule has 0 unspecified atom stereocenters. The predicted molar refractivity (Wildman–Crippen MR) is 75.2 cm³/mol. The van der Waals surface area contributed by atoms with Crippen LogP contribution in [-0.4, -0.2) is 23.2 Å². The number of aryl methyl sites for hydroxylation is 1. The number of ether oxygens (including phenoxy) is 1. The summed E-state index contributed by atoms with van der Waals surface area (Å²) in [5.74, 6) is 0.434. The van der Waals surface area contributed by atoms with E-state index in [1.807, 2.05) is 46.8 Å². The standard InChI is InChI=1S/C15H23NO3/c1-10-6-7-12(8-17)14(11(10)2)19-9-13(18)16-15(3,4)5/h6-7,17H,8-9H2,1-5H3,(H,16,18). The van der Waals surface area contributed by atoms with Crippen molar-refractivity contribution in [2.75, 3.05) is 6.61 Å². The maximum atomic E-state index is 11.7. The molecular weight excluding hydrogens is 242 g/mol. The lowest BCUT2D eigenvalue weighted by Crippen LogP contribution is -2.43. The molecule has 0 bridgehead atoms. The molecule has 0 fully saturated rings. The van der Waals surface area contributed by atoms with Crippen LogP contribution in [0.15, 0.2) is 12.1 Å². The topological polar surface area (TPSA) is 58.6 Å². The van der Waals surface area contributed by atoms with Crippen LogP contribution >= 0.6 is 0 Å². The summed E-state index contributed by atoms with van der Waals surface area (Å²) in [6, 6.07) is 3.75. The van der Waals surface area contributed by atoms with E-state index in [0.717, 1.165) is 11.1 Å². The SMILES string of the molecule is Cc1ccc(CO)c(OCC(=O)NC(C)(C)C)c1C. The van der Waals surface area contributed by atoms with Crippen LogP contribution in [0.2, 0.25) is 0 Å². The van der Waals surface area contributed by atoms with Gasteiger partial charge in [0.2, 0.25) is 0 Å². The van der Waals surface area contributed by atoms with Gasteiger partial charge in [0, 0.05) is 11.1 Å². The minimum absolute atomic E-state index is 0.0471. The number of carbonyl (C=O) groups excluding carboxylic acids is 1. The van der Waals surface area contributed by atoms with E-state index in [0.29, 0.717) is 11.3 Å². The Morgan fingerprint density at radius 1 is 1.32 bits per heavy atom. The Morgan fingerprint density at radius 3 is 2.47 bits per heavy atom. The van der Waals surface area contributed by atoms with Gasteiger partial charge in [0.15, 0.2) is 6.61 Å². The molecule has 0 spiro atoms. The van der Waals surface area contributed by atoms with Gasteiger partial charge in [-0.05, 0) is 45.7 Å². The number of aliphatic hydroxyl groups excluding tert-OH is 1. The van der Waals surface area contributed by atoms with Crippen LogP contribution in [0, 0.1) is 13.8 Å². The Kier molecular flexibility index (Phi) is 4.95. The summed E-state index contributed by atoms with van der Waals surface area (Å²) < 4.78 is 5.58. The van der Waals surface area contributed by atoms with Crippen molar-refractivity contribution >= 4 is 5.91 Å². The number of hydrogen-bond acceptors (Lipinski definition) is 3. The molecule has 4 heteroatoms. The van der Waals surface area contributed by atoms with Crippen molar-refractivity contribution in [3.63, 3.8) is 0 Å². The number of carbonyl (C=O) groups is 1. The lowest BCUT2D eigenvalue weighted by atomic mass is 10.0. The van der Waals surface area contributed by atoms with Crippen molar-refractivity contribution < 1.29 is 14.6 Å².